The van der Waals surface area contributed by atoms with E-state index in [1.165, 1.54) is 103 Å². The highest BCUT2D eigenvalue weighted by atomic mass is 16.4. The third-order valence-corrected chi connectivity index (χ3v) is 6.15. The molecule has 30 heavy (non-hydrogen) atoms. The lowest BCUT2D eigenvalue weighted by Crippen LogP contribution is -2.52. The van der Waals surface area contributed by atoms with Gasteiger partial charge >= 0.3 is 5.97 Å². The van der Waals surface area contributed by atoms with Gasteiger partial charge in [0.25, 0.3) is 0 Å². The number of hydrogen-bond acceptors (Lipinski definition) is 2. The number of aliphatic carboxylic acids is 1. The van der Waals surface area contributed by atoms with Crippen molar-refractivity contribution < 1.29 is 19.5 Å². The van der Waals surface area contributed by atoms with E-state index in [9.17, 15) is 9.90 Å². The van der Waals surface area contributed by atoms with E-state index in [1.807, 2.05) is 21.0 Å². The molecule has 0 spiro atoms. The summed E-state index contributed by atoms with van der Waals surface area (Å²) in [7, 11) is 3.74. The van der Waals surface area contributed by atoms with Crippen LogP contribution < -0.4 is 0 Å². The van der Waals surface area contributed by atoms with E-state index >= 15 is 0 Å². The Hall–Kier alpha value is -0.610. The lowest BCUT2D eigenvalue weighted by molar-refractivity contribution is -0.889. The minimum absolute atomic E-state index is 0.0508. The van der Waals surface area contributed by atoms with Crippen molar-refractivity contribution in [3.63, 3.8) is 0 Å². The molecule has 2 N–H and O–H groups in total. The van der Waals surface area contributed by atoms with Crippen molar-refractivity contribution in [2.24, 2.45) is 0 Å². The first kappa shape index (κ1) is 29.4. The van der Waals surface area contributed by atoms with E-state index in [0.29, 0.717) is 11.0 Å². The second-order valence-electron chi connectivity index (χ2n) is 10.5. The molecule has 4 heteroatoms. The lowest BCUT2D eigenvalue weighted by Gasteiger charge is -2.35. The SMILES string of the molecule is CCCCCCCCCCCCCCCCCCCC(C)(O)C[N+](C)(C)CC(=O)O. The van der Waals surface area contributed by atoms with Crippen LogP contribution in [0.2, 0.25) is 0 Å². The van der Waals surface area contributed by atoms with E-state index in [0.717, 1.165) is 12.8 Å². The van der Waals surface area contributed by atoms with E-state index in [2.05, 4.69) is 6.92 Å². The number of unbranched alkanes of at least 4 members (excludes halogenated alkanes) is 16. The second-order valence-corrected chi connectivity index (χ2v) is 10.5. The summed E-state index contributed by atoms with van der Waals surface area (Å²) in [6.07, 6.45) is 23.8. The molecule has 180 valence electrons. The molecule has 1 unspecified atom stereocenters. The summed E-state index contributed by atoms with van der Waals surface area (Å²) in [5, 5.41) is 19.6. The van der Waals surface area contributed by atoms with Gasteiger partial charge in [0.1, 0.15) is 12.1 Å². The Labute approximate surface area is 188 Å². The molecule has 0 amide bonds. The minimum atomic E-state index is -0.811. The van der Waals surface area contributed by atoms with Gasteiger partial charge < -0.3 is 14.7 Å². The van der Waals surface area contributed by atoms with Crippen molar-refractivity contribution in [3.8, 4) is 0 Å². The molecule has 0 aromatic carbocycles. The maximum absolute atomic E-state index is 10.9. The zero-order chi connectivity index (χ0) is 22.7. The molecule has 1 atom stereocenters. The molecule has 0 aliphatic rings. The predicted octanol–water partition coefficient (Wildman–Crippen LogP) is 6.94. The van der Waals surface area contributed by atoms with Crippen molar-refractivity contribution in [1.82, 2.24) is 0 Å². The molecule has 0 aromatic heterocycles. The Bertz CT molecular complexity index is 407. The van der Waals surface area contributed by atoms with Gasteiger partial charge in [0, 0.05) is 0 Å². The Balaban J connectivity index is 3.42. The lowest BCUT2D eigenvalue weighted by atomic mass is 9.96. The summed E-state index contributed by atoms with van der Waals surface area (Å²) >= 11 is 0. The number of hydrogen-bond donors (Lipinski definition) is 2. The highest BCUT2D eigenvalue weighted by molar-refractivity contribution is 5.67. The summed E-state index contributed by atoms with van der Waals surface area (Å²) < 4.78 is 0.321. The molecule has 0 saturated carbocycles. The van der Waals surface area contributed by atoms with E-state index in [-0.39, 0.29) is 6.54 Å². The maximum atomic E-state index is 10.9. The molecule has 0 saturated heterocycles. The van der Waals surface area contributed by atoms with E-state index < -0.39 is 11.6 Å². The van der Waals surface area contributed by atoms with Gasteiger partial charge in [-0.1, -0.05) is 116 Å². The summed E-state index contributed by atoms with van der Waals surface area (Å²) in [5.74, 6) is -0.811. The highest BCUT2D eigenvalue weighted by Crippen LogP contribution is 2.20. The van der Waals surface area contributed by atoms with Crippen molar-refractivity contribution in [2.75, 3.05) is 27.2 Å². The quantitative estimate of drug-likeness (QED) is 0.145. The average Bonchev–Trinajstić information content (AvgIpc) is 2.62. The van der Waals surface area contributed by atoms with Gasteiger partial charge in [0.05, 0.1) is 14.1 Å². The van der Waals surface area contributed by atoms with Crippen LogP contribution in [-0.2, 0) is 4.79 Å². The largest absolute Gasteiger partial charge is 0.477 e. The molecule has 0 radical (unpaired) electrons. The molecule has 0 fully saturated rings. The molecular formula is C26H54NO3+. The smallest absolute Gasteiger partial charge is 0.359 e. The number of nitrogens with zero attached hydrogens (tertiary/aromatic N) is 1. The van der Waals surface area contributed by atoms with Crippen LogP contribution in [0.5, 0.6) is 0 Å². The van der Waals surface area contributed by atoms with Crippen LogP contribution in [0.15, 0.2) is 0 Å². The van der Waals surface area contributed by atoms with E-state index in [4.69, 9.17) is 5.11 Å². The number of rotatable bonds is 22. The van der Waals surface area contributed by atoms with Crippen LogP contribution in [0, 0.1) is 0 Å². The van der Waals surface area contributed by atoms with Crippen molar-refractivity contribution in [3.05, 3.63) is 0 Å². The normalized spacial score (nSPS) is 14.0. The van der Waals surface area contributed by atoms with Gasteiger partial charge in [-0.2, -0.15) is 0 Å². The predicted molar refractivity (Wildman–Crippen MR) is 129 cm³/mol. The number of likely N-dealkylation sites (N-methyl/N-ethyl adjacent to an activating group) is 1. The highest BCUT2D eigenvalue weighted by Gasteiger charge is 2.31. The van der Waals surface area contributed by atoms with Crippen molar-refractivity contribution in [1.29, 1.82) is 0 Å². The minimum Gasteiger partial charge on any atom is -0.477 e. The monoisotopic (exact) mass is 428 g/mol. The van der Waals surface area contributed by atoms with Gasteiger partial charge in [0.15, 0.2) is 6.54 Å². The van der Waals surface area contributed by atoms with Crippen molar-refractivity contribution in [2.45, 2.75) is 135 Å². The molecular weight excluding hydrogens is 374 g/mol. The topological polar surface area (TPSA) is 57.5 Å². The number of carboxylic acid groups (broad SMARTS) is 1. The van der Waals surface area contributed by atoms with Crippen LogP contribution in [0.25, 0.3) is 0 Å². The zero-order valence-electron chi connectivity index (χ0n) is 20.9. The first-order chi connectivity index (χ1) is 14.2. The van der Waals surface area contributed by atoms with Crippen molar-refractivity contribution >= 4 is 5.97 Å². The molecule has 0 heterocycles. The van der Waals surface area contributed by atoms with Crippen LogP contribution in [0.4, 0.5) is 0 Å². The first-order valence-electron chi connectivity index (χ1n) is 12.9. The second kappa shape index (κ2) is 18.0. The summed E-state index contributed by atoms with van der Waals surface area (Å²) in [5.41, 5.74) is -0.783. The Morgan fingerprint density at radius 3 is 1.37 bits per heavy atom. The Morgan fingerprint density at radius 2 is 1.03 bits per heavy atom. The molecule has 4 nitrogen and oxygen atoms in total. The maximum Gasteiger partial charge on any atom is 0.359 e. The summed E-state index contributed by atoms with van der Waals surface area (Å²) in [6, 6.07) is 0. The molecule has 0 bridgehead atoms. The van der Waals surface area contributed by atoms with Crippen LogP contribution in [0.3, 0.4) is 0 Å². The molecule has 0 aliphatic carbocycles. The molecule has 0 aliphatic heterocycles. The van der Waals surface area contributed by atoms with Gasteiger partial charge in [-0.05, 0) is 13.3 Å². The van der Waals surface area contributed by atoms with Gasteiger partial charge in [-0.3, -0.25) is 0 Å². The average molecular weight is 429 g/mol. The van der Waals surface area contributed by atoms with Crippen LogP contribution >= 0.6 is 0 Å². The number of carbonyl (C=O) groups is 1. The Morgan fingerprint density at radius 1 is 0.700 bits per heavy atom. The fourth-order valence-electron chi connectivity index (χ4n) is 4.65. The van der Waals surface area contributed by atoms with Crippen LogP contribution in [0.1, 0.15) is 129 Å². The standard InChI is InChI=1S/C26H53NO3/c1-5-6-7-8-9-10-11-12-13-14-15-16-17-18-19-20-21-22-26(2,30)24-27(3,4)23-25(28)29/h30H,5-24H2,1-4H3/p+1. The summed E-state index contributed by atoms with van der Waals surface area (Å²) in [4.78, 5) is 10.9. The fourth-order valence-corrected chi connectivity index (χ4v) is 4.65. The fraction of sp³-hybridized carbons (Fsp3) is 0.962. The Kier molecular flexibility index (Phi) is 17.6. The van der Waals surface area contributed by atoms with Gasteiger partial charge in [0.2, 0.25) is 0 Å². The van der Waals surface area contributed by atoms with Gasteiger partial charge in [-0.25, -0.2) is 4.79 Å². The third-order valence-electron chi connectivity index (χ3n) is 6.15. The van der Waals surface area contributed by atoms with Crippen LogP contribution in [-0.4, -0.2) is 53.5 Å². The summed E-state index contributed by atoms with van der Waals surface area (Å²) in [6.45, 7) is 4.66. The number of quaternary nitrogens is 1. The van der Waals surface area contributed by atoms with E-state index in [1.54, 1.807) is 0 Å². The first-order valence-corrected chi connectivity index (χ1v) is 12.9. The molecule has 0 aromatic rings. The number of aliphatic hydroxyl groups is 1. The number of carboxylic acids is 1. The van der Waals surface area contributed by atoms with Gasteiger partial charge in [-0.15, -0.1) is 0 Å². The third kappa shape index (κ3) is 20.7. The zero-order valence-corrected chi connectivity index (χ0v) is 20.9. The molecule has 0 rings (SSSR count).